The molecule has 0 aromatic carbocycles. The molecule has 0 fully saturated rings. The van der Waals surface area contributed by atoms with Crippen molar-refractivity contribution in [3.05, 3.63) is 34.3 Å². The summed E-state index contributed by atoms with van der Waals surface area (Å²) in [4.78, 5) is 1.99. The average Bonchev–Trinajstić information content (AvgIpc) is 3.06. The lowest BCUT2D eigenvalue weighted by Gasteiger charge is -2.21. The summed E-state index contributed by atoms with van der Waals surface area (Å²) in [5.41, 5.74) is 2.20. The first-order valence-electron chi connectivity index (χ1n) is 6.68. The largest absolute Gasteiger partial charge is 0.358 e. The number of aromatic nitrogens is 4. The molecule has 0 unspecified atom stereocenters. The molecule has 0 atom stereocenters. The Balaban J connectivity index is 1.88. The summed E-state index contributed by atoms with van der Waals surface area (Å²) in [7, 11) is 3.88. The van der Waals surface area contributed by atoms with Crippen molar-refractivity contribution < 1.29 is 0 Å². The van der Waals surface area contributed by atoms with Crippen LogP contribution in [0.5, 0.6) is 0 Å². The summed E-state index contributed by atoms with van der Waals surface area (Å²) < 4.78 is 4.73. The van der Waals surface area contributed by atoms with Gasteiger partial charge < -0.3 is 10.2 Å². The molecule has 0 amide bonds. The van der Waals surface area contributed by atoms with Gasteiger partial charge in [0.15, 0.2) is 5.11 Å². The van der Waals surface area contributed by atoms with Gasteiger partial charge in [0.1, 0.15) is 0 Å². The molecule has 8 heteroatoms. The minimum absolute atomic E-state index is 0.676. The van der Waals surface area contributed by atoms with Crippen molar-refractivity contribution in [2.24, 2.45) is 7.05 Å². The molecule has 0 radical (unpaired) electrons. The molecule has 21 heavy (non-hydrogen) atoms. The van der Waals surface area contributed by atoms with Crippen molar-refractivity contribution in [1.29, 1.82) is 0 Å². The Hall–Kier alpha value is -1.41. The summed E-state index contributed by atoms with van der Waals surface area (Å²) in [6.07, 6.45) is 5.67. The smallest absolute Gasteiger partial charge is 0.169 e. The molecule has 2 rings (SSSR count). The van der Waals surface area contributed by atoms with Crippen LogP contribution >= 0.6 is 28.1 Å². The van der Waals surface area contributed by atoms with Gasteiger partial charge in [-0.2, -0.15) is 10.2 Å². The van der Waals surface area contributed by atoms with Gasteiger partial charge in [-0.3, -0.25) is 9.36 Å². The van der Waals surface area contributed by atoms with Crippen molar-refractivity contribution in [3.8, 4) is 0 Å². The van der Waals surface area contributed by atoms with Crippen molar-refractivity contribution in [2.45, 2.75) is 26.6 Å². The SMILES string of the molecule is CCn1cc(CNC(=S)N(C)Cc2c(Br)cnn2C)cn1. The zero-order valence-corrected chi connectivity index (χ0v) is 14.8. The van der Waals surface area contributed by atoms with Crippen LogP contribution in [0.4, 0.5) is 0 Å². The highest BCUT2D eigenvalue weighted by Gasteiger charge is 2.11. The van der Waals surface area contributed by atoms with E-state index in [1.807, 2.05) is 40.8 Å². The standard InChI is InChI=1S/C13H19BrN6S/c1-4-20-8-10(6-17-20)5-15-13(21)18(2)9-12-11(14)7-16-19(12)3/h6-8H,4-5,9H2,1-3H3,(H,15,21). The summed E-state index contributed by atoms with van der Waals surface area (Å²) in [5.74, 6) is 0. The number of rotatable bonds is 5. The number of nitrogens with zero attached hydrogens (tertiary/aromatic N) is 5. The van der Waals surface area contributed by atoms with E-state index in [1.165, 1.54) is 0 Å². The topological polar surface area (TPSA) is 50.9 Å². The van der Waals surface area contributed by atoms with Crippen LogP contribution in [0.25, 0.3) is 0 Å². The second-order valence-electron chi connectivity index (χ2n) is 4.78. The number of hydrogen-bond acceptors (Lipinski definition) is 3. The quantitative estimate of drug-likeness (QED) is 0.814. The van der Waals surface area contributed by atoms with Crippen LogP contribution in [0.1, 0.15) is 18.2 Å². The zero-order chi connectivity index (χ0) is 15.4. The first-order chi connectivity index (χ1) is 10.0. The highest BCUT2D eigenvalue weighted by molar-refractivity contribution is 9.10. The third kappa shape index (κ3) is 4.04. The first-order valence-corrected chi connectivity index (χ1v) is 7.88. The van der Waals surface area contributed by atoms with Gasteiger partial charge in [-0.05, 0) is 35.1 Å². The second-order valence-corrected chi connectivity index (χ2v) is 6.02. The van der Waals surface area contributed by atoms with Crippen LogP contribution in [0.15, 0.2) is 23.1 Å². The number of thiocarbonyl (C=S) groups is 1. The minimum Gasteiger partial charge on any atom is -0.358 e. The Kier molecular flexibility index (Phi) is 5.35. The Morgan fingerprint density at radius 1 is 1.43 bits per heavy atom. The van der Waals surface area contributed by atoms with E-state index in [0.717, 1.165) is 22.3 Å². The molecule has 0 saturated heterocycles. The van der Waals surface area contributed by atoms with E-state index in [-0.39, 0.29) is 0 Å². The van der Waals surface area contributed by atoms with Gasteiger partial charge in [0.25, 0.3) is 0 Å². The maximum atomic E-state index is 5.41. The molecule has 6 nitrogen and oxygen atoms in total. The highest BCUT2D eigenvalue weighted by atomic mass is 79.9. The molecule has 0 aliphatic carbocycles. The van der Waals surface area contributed by atoms with Gasteiger partial charge in [0.05, 0.1) is 29.1 Å². The van der Waals surface area contributed by atoms with Crippen molar-refractivity contribution >= 4 is 33.3 Å². The Bertz CT molecular complexity index is 600. The lowest BCUT2D eigenvalue weighted by molar-refractivity contribution is 0.465. The van der Waals surface area contributed by atoms with Crippen LogP contribution < -0.4 is 5.32 Å². The van der Waals surface area contributed by atoms with Gasteiger partial charge in [0, 0.05) is 38.9 Å². The van der Waals surface area contributed by atoms with Crippen LogP contribution in [0.3, 0.4) is 0 Å². The van der Waals surface area contributed by atoms with Crippen LogP contribution in [-0.2, 0) is 26.7 Å². The molecule has 0 bridgehead atoms. The van der Waals surface area contributed by atoms with E-state index in [1.54, 1.807) is 6.20 Å². The molecular formula is C13H19BrN6S. The molecule has 114 valence electrons. The maximum absolute atomic E-state index is 5.41. The predicted octanol–water partition coefficient (Wildman–Crippen LogP) is 1.91. The lowest BCUT2D eigenvalue weighted by Crippen LogP contribution is -2.36. The molecule has 0 saturated carbocycles. The number of aryl methyl sites for hydroxylation is 2. The fraction of sp³-hybridized carbons (Fsp3) is 0.462. The van der Waals surface area contributed by atoms with Gasteiger partial charge in [-0.15, -0.1) is 0 Å². The van der Waals surface area contributed by atoms with E-state index in [2.05, 4.69) is 38.4 Å². The van der Waals surface area contributed by atoms with E-state index in [4.69, 9.17) is 12.2 Å². The Labute approximate surface area is 138 Å². The molecule has 0 spiro atoms. The summed E-state index contributed by atoms with van der Waals surface area (Å²) in [5, 5.41) is 12.4. The molecule has 0 aliphatic heterocycles. The normalized spacial score (nSPS) is 10.7. The molecule has 2 aromatic rings. The molecular weight excluding hydrogens is 352 g/mol. The van der Waals surface area contributed by atoms with Crippen molar-refractivity contribution in [3.63, 3.8) is 0 Å². The van der Waals surface area contributed by atoms with Gasteiger partial charge in [0.2, 0.25) is 0 Å². The van der Waals surface area contributed by atoms with Crippen LogP contribution in [0.2, 0.25) is 0 Å². The van der Waals surface area contributed by atoms with E-state index in [9.17, 15) is 0 Å². The third-order valence-electron chi connectivity index (χ3n) is 3.20. The van der Waals surface area contributed by atoms with Crippen LogP contribution in [-0.4, -0.2) is 36.6 Å². The zero-order valence-electron chi connectivity index (χ0n) is 12.4. The lowest BCUT2D eigenvalue weighted by atomic mass is 10.3. The maximum Gasteiger partial charge on any atom is 0.169 e. The van der Waals surface area contributed by atoms with Crippen molar-refractivity contribution in [2.75, 3.05) is 7.05 Å². The van der Waals surface area contributed by atoms with E-state index >= 15 is 0 Å². The number of nitrogens with one attached hydrogen (secondary N) is 1. The molecule has 0 aliphatic rings. The van der Waals surface area contributed by atoms with Crippen LogP contribution in [0, 0.1) is 0 Å². The molecule has 2 aromatic heterocycles. The fourth-order valence-electron chi connectivity index (χ4n) is 1.89. The second kappa shape index (κ2) is 7.04. The summed E-state index contributed by atoms with van der Waals surface area (Å²) in [6, 6.07) is 0. The Morgan fingerprint density at radius 2 is 2.19 bits per heavy atom. The average molecular weight is 371 g/mol. The van der Waals surface area contributed by atoms with Gasteiger partial charge in [-0.25, -0.2) is 0 Å². The van der Waals surface area contributed by atoms with E-state index in [0.29, 0.717) is 18.2 Å². The van der Waals surface area contributed by atoms with Crippen molar-refractivity contribution in [1.82, 2.24) is 29.8 Å². The fourth-order valence-corrected chi connectivity index (χ4v) is 2.50. The first kappa shape index (κ1) is 16.0. The highest BCUT2D eigenvalue weighted by Crippen LogP contribution is 2.16. The molecule has 2 heterocycles. The predicted molar refractivity (Wildman–Crippen MR) is 89.7 cm³/mol. The van der Waals surface area contributed by atoms with Gasteiger partial charge >= 0.3 is 0 Å². The minimum atomic E-state index is 0.676. The number of halogens is 1. The molecule has 1 N–H and O–H groups in total. The summed E-state index contributed by atoms with van der Waals surface area (Å²) in [6.45, 7) is 4.31. The summed E-state index contributed by atoms with van der Waals surface area (Å²) >= 11 is 8.91. The van der Waals surface area contributed by atoms with E-state index < -0.39 is 0 Å². The van der Waals surface area contributed by atoms with Gasteiger partial charge in [-0.1, -0.05) is 0 Å². The number of hydrogen-bond donors (Lipinski definition) is 1. The Morgan fingerprint density at radius 3 is 2.76 bits per heavy atom. The monoisotopic (exact) mass is 370 g/mol. The third-order valence-corrected chi connectivity index (χ3v) is 4.32.